The van der Waals surface area contributed by atoms with Gasteiger partial charge in [0.25, 0.3) is 0 Å². The average molecular weight is 511 g/mol. The number of benzene rings is 2. The van der Waals surface area contributed by atoms with Crippen LogP contribution in [0.4, 0.5) is 5.69 Å². The number of unbranched alkanes of at least 4 members (excludes halogenated alkanes) is 4. The van der Waals surface area contributed by atoms with E-state index in [1.807, 2.05) is 60.4 Å². The number of ether oxygens (including phenoxy) is 2. The van der Waals surface area contributed by atoms with Crippen LogP contribution in [-0.2, 0) is 20.9 Å². The van der Waals surface area contributed by atoms with Crippen LogP contribution in [0.15, 0.2) is 48.5 Å². The molecule has 2 aromatic rings. The van der Waals surface area contributed by atoms with Crippen LogP contribution in [0, 0.1) is 0 Å². The van der Waals surface area contributed by atoms with Gasteiger partial charge in [0, 0.05) is 19.1 Å². The van der Waals surface area contributed by atoms with Crippen molar-refractivity contribution in [1.82, 2.24) is 4.90 Å². The standard InChI is InChI=1S/C30H42N2O5/c1-4-6-7-8-11-18-31(22-28(33)32-19-20-37-27-13-10-9-12-26(27)32)21-24-14-16-25(17-15-24)23(3)29(30(34)35)36-5-2/h9-10,12-17,23,29H,4-8,11,18-22H2,1-3H3,(H,34,35). The number of fused-ring (bicyclic) bond motifs is 1. The van der Waals surface area contributed by atoms with Crippen LogP contribution in [0.25, 0.3) is 0 Å². The van der Waals surface area contributed by atoms with Gasteiger partial charge in [0.2, 0.25) is 5.91 Å². The van der Waals surface area contributed by atoms with E-state index in [1.165, 1.54) is 19.3 Å². The molecule has 0 bridgehead atoms. The molecular formula is C30H42N2O5. The molecule has 1 aliphatic heterocycles. The van der Waals surface area contributed by atoms with Crippen molar-refractivity contribution in [1.29, 1.82) is 0 Å². The monoisotopic (exact) mass is 510 g/mol. The number of anilines is 1. The van der Waals surface area contributed by atoms with E-state index in [9.17, 15) is 14.7 Å². The highest BCUT2D eigenvalue weighted by atomic mass is 16.5. The largest absolute Gasteiger partial charge is 0.490 e. The van der Waals surface area contributed by atoms with Crippen LogP contribution in [-0.4, -0.2) is 60.8 Å². The van der Waals surface area contributed by atoms with Gasteiger partial charge in [0.15, 0.2) is 6.10 Å². The van der Waals surface area contributed by atoms with Crippen molar-refractivity contribution in [3.05, 3.63) is 59.7 Å². The number of carbonyl (C=O) groups excluding carboxylic acids is 1. The van der Waals surface area contributed by atoms with Gasteiger partial charge in [0.05, 0.1) is 18.8 Å². The molecule has 0 aromatic heterocycles. The Kier molecular flexibility index (Phi) is 11.4. The summed E-state index contributed by atoms with van der Waals surface area (Å²) in [6.07, 6.45) is 4.99. The Labute approximate surface area is 221 Å². The zero-order valence-corrected chi connectivity index (χ0v) is 22.5. The molecular weight excluding hydrogens is 468 g/mol. The van der Waals surface area contributed by atoms with E-state index in [2.05, 4.69) is 11.8 Å². The van der Waals surface area contributed by atoms with Crippen molar-refractivity contribution in [3.8, 4) is 5.75 Å². The predicted octanol–water partition coefficient (Wildman–Crippen LogP) is 5.48. The van der Waals surface area contributed by atoms with Crippen LogP contribution in [0.2, 0.25) is 0 Å². The third kappa shape index (κ3) is 8.30. The van der Waals surface area contributed by atoms with Crippen molar-refractivity contribution < 1.29 is 24.2 Å². The summed E-state index contributed by atoms with van der Waals surface area (Å²) in [5.74, 6) is -0.375. The van der Waals surface area contributed by atoms with Crippen LogP contribution >= 0.6 is 0 Å². The van der Waals surface area contributed by atoms with Crippen LogP contribution in [0.5, 0.6) is 5.75 Å². The maximum absolute atomic E-state index is 13.4. The summed E-state index contributed by atoms with van der Waals surface area (Å²) in [4.78, 5) is 29.1. The number of rotatable bonds is 15. The van der Waals surface area contributed by atoms with E-state index in [1.54, 1.807) is 6.92 Å². The Balaban J connectivity index is 1.68. The van der Waals surface area contributed by atoms with Gasteiger partial charge in [-0.3, -0.25) is 9.69 Å². The van der Waals surface area contributed by atoms with E-state index in [-0.39, 0.29) is 11.8 Å². The molecule has 1 aliphatic rings. The molecule has 0 fully saturated rings. The van der Waals surface area contributed by atoms with Gasteiger partial charge < -0.3 is 19.5 Å². The number of aliphatic carboxylic acids is 1. The number of carboxylic acids is 1. The molecule has 7 heteroatoms. The fraction of sp³-hybridized carbons (Fsp3) is 0.533. The second-order valence-corrected chi connectivity index (χ2v) is 9.73. The molecule has 1 amide bonds. The third-order valence-electron chi connectivity index (χ3n) is 6.92. The Bertz CT molecular complexity index is 994. The fourth-order valence-electron chi connectivity index (χ4n) is 4.83. The van der Waals surface area contributed by atoms with E-state index in [0.717, 1.165) is 42.0 Å². The molecule has 1 heterocycles. The second-order valence-electron chi connectivity index (χ2n) is 9.73. The van der Waals surface area contributed by atoms with Crippen molar-refractivity contribution in [2.24, 2.45) is 0 Å². The lowest BCUT2D eigenvalue weighted by atomic mass is 9.94. The average Bonchev–Trinajstić information content (AvgIpc) is 2.91. The minimum Gasteiger partial charge on any atom is -0.490 e. The molecule has 2 aromatic carbocycles. The fourth-order valence-corrected chi connectivity index (χ4v) is 4.83. The van der Waals surface area contributed by atoms with E-state index in [0.29, 0.717) is 32.8 Å². The Morgan fingerprint density at radius 1 is 1.05 bits per heavy atom. The van der Waals surface area contributed by atoms with Crippen LogP contribution < -0.4 is 9.64 Å². The molecule has 37 heavy (non-hydrogen) atoms. The van der Waals surface area contributed by atoms with Crippen LogP contribution in [0.1, 0.15) is 69.9 Å². The van der Waals surface area contributed by atoms with Gasteiger partial charge in [-0.1, -0.05) is 75.9 Å². The van der Waals surface area contributed by atoms with E-state index in [4.69, 9.17) is 9.47 Å². The highest BCUT2D eigenvalue weighted by molar-refractivity contribution is 5.96. The molecule has 202 valence electrons. The molecule has 0 spiro atoms. The van der Waals surface area contributed by atoms with E-state index < -0.39 is 12.1 Å². The van der Waals surface area contributed by atoms with Gasteiger partial charge in [-0.25, -0.2) is 4.79 Å². The summed E-state index contributed by atoms with van der Waals surface area (Å²) in [6, 6.07) is 15.7. The number of nitrogens with zero attached hydrogens (tertiary/aromatic N) is 2. The Morgan fingerprint density at radius 2 is 1.78 bits per heavy atom. The normalized spacial score (nSPS) is 14.6. The zero-order valence-electron chi connectivity index (χ0n) is 22.5. The quantitative estimate of drug-likeness (QED) is 0.320. The minimum absolute atomic E-state index is 0.0792. The molecule has 7 nitrogen and oxygen atoms in total. The third-order valence-corrected chi connectivity index (χ3v) is 6.92. The van der Waals surface area contributed by atoms with Gasteiger partial charge in [0.1, 0.15) is 12.4 Å². The van der Waals surface area contributed by atoms with Crippen molar-refractivity contribution in [3.63, 3.8) is 0 Å². The van der Waals surface area contributed by atoms with E-state index >= 15 is 0 Å². The lowest BCUT2D eigenvalue weighted by Crippen LogP contribution is -2.44. The topological polar surface area (TPSA) is 79.3 Å². The summed E-state index contributed by atoms with van der Waals surface area (Å²) in [5.41, 5.74) is 2.86. The lowest BCUT2D eigenvalue weighted by Gasteiger charge is -2.32. The molecule has 1 N–H and O–H groups in total. The summed E-state index contributed by atoms with van der Waals surface area (Å²) in [6.45, 7) is 9.15. The summed E-state index contributed by atoms with van der Waals surface area (Å²) < 4.78 is 11.2. The summed E-state index contributed by atoms with van der Waals surface area (Å²) in [7, 11) is 0. The number of carboxylic acid groups (broad SMARTS) is 1. The summed E-state index contributed by atoms with van der Waals surface area (Å²) >= 11 is 0. The summed E-state index contributed by atoms with van der Waals surface area (Å²) in [5, 5.41) is 9.52. The predicted molar refractivity (Wildman–Crippen MR) is 146 cm³/mol. The number of hydrogen-bond donors (Lipinski definition) is 1. The molecule has 0 aliphatic carbocycles. The van der Waals surface area contributed by atoms with Gasteiger partial charge in [-0.2, -0.15) is 0 Å². The Morgan fingerprint density at radius 3 is 2.49 bits per heavy atom. The van der Waals surface area contributed by atoms with Crippen LogP contribution in [0.3, 0.4) is 0 Å². The zero-order chi connectivity index (χ0) is 26.6. The molecule has 0 saturated carbocycles. The van der Waals surface area contributed by atoms with Gasteiger partial charge in [-0.15, -0.1) is 0 Å². The number of para-hydroxylation sites is 2. The molecule has 2 unspecified atom stereocenters. The maximum atomic E-state index is 13.4. The number of carbonyl (C=O) groups is 2. The van der Waals surface area contributed by atoms with Gasteiger partial charge in [-0.05, 0) is 43.1 Å². The number of amides is 1. The number of hydrogen-bond acceptors (Lipinski definition) is 5. The van der Waals surface area contributed by atoms with Gasteiger partial charge >= 0.3 is 5.97 Å². The molecule has 0 radical (unpaired) electrons. The first-order valence-corrected chi connectivity index (χ1v) is 13.6. The first kappa shape index (κ1) is 28.7. The first-order valence-electron chi connectivity index (χ1n) is 13.6. The smallest absolute Gasteiger partial charge is 0.333 e. The first-order chi connectivity index (χ1) is 17.9. The van der Waals surface area contributed by atoms with Crippen molar-refractivity contribution in [2.75, 3.05) is 37.7 Å². The highest BCUT2D eigenvalue weighted by Crippen LogP contribution is 2.31. The maximum Gasteiger partial charge on any atom is 0.333 e. The molecule has 0 saturated heterocycles. The minimum atomic E-state index is -0.948. The van der Waals surface area contributed by atoms with Crippen molar-refractivity contribution in [2.45, 2.75) is 71.4 Å². The van der Waals surface area contributed by atoms with Crippen molar-refractivity contribution >= 4 is 17.6 Å². The Hall–Kier alpha value is -2.90. The molecule has 2 atom stereocenters. The lowest BCUT2D eigenvalue weighted by molar-refractivity contribution is -0.151. The second kappa shape index (κ2) is 14.7. The SMILES string of the molecule is CCCCCCCN(CC(=O)N1CCOc2ccccc21)Cc1ccc(C(C)C(OCC)C(=O)O)cc1. The molecule has 3 rings (SSSR count). The highest BCUT2D eigenvalue weighted by Gasteiger charge is 2.27.